The summed E-state index contributed by atoms with van der Waals surface area (Å²) >= 11 is 2.30. The fourth-order valence-corrected chi connectivity index (χ4v) is 2.54. The average molecular weight is 366 g/mol. The summed E-state index contributed by atoms with van der Waals surface area (Å²) in [6.07, 6.45) is 3.47. The molecule has 2 aromatic carbocycles. The predicted octanol–water partition coefficient (Wildman–Crippen LogP) is 4.22. The van der Waals surface area contributed by atoms with E-state index in [4.69, 9.17) is 0 Å². The SMILES string of the molecule is OC(CCCc1ccccc1)Cc1ccc(I)cc1. The molecule has 2 rings (SSSR count). The maximum absolute atomic E-state index is 10.0. The van der Waals surface area contributed by atoms with Crippen LogP contribution >= 0.6 is 22.6 Å². The number of halogens is 1. The first-order chi connectivity index (χ1) is 9.24. The third-order valence-corrected chi connectivity index (χ3v) is 3.95. The molecule has 100 valence electrons. The van der Waals surface area contributed by atoms with Crippen LogP contribution in [0.3, 0.4) is 0 Å². The highest BCUT2D eigenvalue weighted by molar-refractivity contribution is 14.1. The van der Waals surface area contributed by atoms with Crippen molar-refractivity contribution in [2.45, 2.75) is 31.8 Å². The zero-order valence-electron chi connectivity index (χ0n) is 10.9. The lowest BCUT2D eigenvalue weighted by Crippen LogP contribution is -2.10. The second kappa shape index (κ2) is 7.65. The third-order valence-electron chi connectivity index (χ3n) is 3.23. The maximum atomic E-state index is 10.0. The monoisotopic (exact) mass is 366 g/mol. The van der Waals surface area contributed by atoms with Gasteiger partial charge in [-0.2, -0.15) is 0 Å². The fourth-order valence-electron chi connectivity index (χ4n) is 2.18. The predicted molar refractivity (Wildman–Crippen MR) is 88.2 cm³/mol. The first-order valence-corrected chi connectivity index (χ1v) is 7.78. The normalized spacial score (nSPS) is 12.3. The van der Waals surface area contributed by atoms with E-state index in [-0.39, 0.29) is 6.10 Å². The Morgan fingerprint density at radius 1 is 0.895 bits per heavy atom. The summed E-state index contributed by atoms with van der Waals surface area (Å²) in [7, 11) is 0. The summed E-state index contributed by atoms with van der Waals surface area (Å²) in [4.78, 5) is 0. The van der Waals surface area contributed by atoms with Gasteiger partial charge in [-0.25, -0.2) is 0 Å². The molecule has 0 aliphatic rings. The molecular formula is C17H19IO. The largest absolute Gasteiger partial charge is 0.393 e. The second-order valence-corrected chi connectivity index (χ2v) is 6.11. The highest BCUT2D eigenvalue weighted by atomic mass is 127. The molecule has 0 saturated heterocycles. The van der Waals surface area contributed by atoms with Crippen LogP contribution in [-0.4, -0.2) is 11.2 Å². The molecule has 1 nitrogen and oxygen atoms in total. The molecule has 1 unspecified atom stereocenters. The van der Waals surface area contributed by atoms with Gasteiger partial charge in [0.25, 0.3) is 0 Å². The van der Waals surface area contributed by atoms with Crippen LogP contribution in [0.15, 0.2) is 54.6 Å². The zero-order chi connectivity index (χ0) is 13.5. The molecule has 0 aliphatic carbocycles. The molecular weight excluding hydrogens is 347 g/mol. The van der Waals surface area contributed by atoms with Gasteiger partial charge in [0.2, 0.25) is 0 Å². The Labute approximate surface area is 128 Å². The Bertz CT molecular complexity index is 478. The van der Waals surface area contributed by atoms with Crippen molar-refractivity contribution in [1.29, 1.82) is 0 Å². The van der Waals surface area contributed by atoms with E-state index >= 15 is 0 Å². The van der Waals surface area contributed by atoms with Crippen LogP contribution in [0.5, 0.6) is 0 Å². The van der Waals surface area contributed by atoms with Gasteiger partial charge in [-0.1, -0.05) is 42.5 Å². The number of hydrogen-bond donors (Lipinski definition) is 1. The molecule has 0 heterocycles. The van der Waals surface area contributed by atoms with Crippen LogP contribution < -0.4 is 0 Å². The van der Waals surface area contributed by atoms with Crippen LogP contribution in [0.1, 0.15) is 24.0 Å². The molecule has 1 atom stereocenters. The van der Waals surface area contributed by atoms with E-state index < -0.39 is 0 Å². The van der Waals surface area contributed by atoms with Gasteiger partial charge in [0, 0.05) is 3.57 Å². The molecule has 0 amide bonds. The molecule has 19 heavy (non-hydrogen) atoms. The molecule has 2 heteroatoms. The highest BCUT2D eigenvalue weighted by Gasteiger charge is 2.05. The van der Waals surface area contributed by atoms with Crippen molar-refractivity contribution in [1.82, 2.24) is 0 Å². The van der Waals surface area contributed by atoms with Crippen LogP contribution in [0.4, 0.5) is 0 Å². The van der Waals surface area contributed by atoms with E-state index in [0.29, 0.717) is 0 Å². The third kappa shape index (κ3) is 5.33. The van der Waals surface area contributed by atoms with Crippen molar-refractivity contribution >= 4 is 22.6 Å². The summed E-state index contributed by atoms with van der Waals surface area (Å²) in [5.41, 5.74) is 2.57. The number of rotatable bonds is 6. The van der Waals surface area contributed by atoms with Crippen molar-refractivity contribution in [2.24, 2.45) is 0 Å². The maximum Gasteiger partial charge on any atom is 0.0580 e. The molecule has 1 N–H and O–H groups in total. The van der Waals surface area contributed by atoms with Crippen LogP contribution in [-0.2, 0) is 12.8 Å². The number of benzene rings is 2. The molecule has 2 aromatic rings. The Morgan fingerprint density at radius 3 is 2.26 bits per heavy atom. The van der Waals surface area contributed by atoms with Gasteiger partial charge >= 0.3 is 0 Å². The van der Waals surface area contributed by atoms with Crippen molar-refractivity contribution < 1.29 is 5.11 Å². The van der Waals surface area contributed by atoms with E-state index in [1.807, 2.05) is 6.07 Å². The molecule has 0 aromatic heterocycles. The summed E-state index contributed by atoms with van der Waals surface area (Å²) in [5, 5.41) is 10.0. The number of aliphatic hydroxyl groups is 1. The van der Waals surface area contributed by atoms with Gasteiger partial charge in [0.15, 0.2) is 0 Å². The van der Waals surface area contributed by atoms with Crippen LogP contribution in [0, 0.1) is 3.57 Å². The first-order valence-electron chi connectivity index (χ1n) is 6.70. The minimum absolute atomic E-state index is 0.233. The van der Waals surface area contributed by atoms with Crippen molar-refractivity contribution in [3.63, 3.8) is 0 Å². The molecule has 0 bridgehead atoms. The number of aryl methyl sites for hydroxylation is 1. The molecule has 0 radical (unpaired) electrons. The Morgan fingerprint density at radius 2 is 1.58 bits per heavy atom. The minimum atomic E-state index is -0.233. The first kappa shape index (κ1) is 14.5. The van der Waals surface area contributed by atoms with Gasteiger partial charge < -0.3 is 5.11 Å². The van der Waals surface area contributed by atoms with Gasteiger partial charge in [-0.05, 0) is 71.5 Å². The number of aliphatic hydroxyl groups excluding tert-OH is 1. The van der Waals surface area contributed by atoms with Gasteiger partial charge in [-0.15, -0.1) is 0 Å². The lowest BCUT2D eigenvalue weighted by atomic mass is 10.0. The Hall–Kier alpha value is -0.870. The smallest absolute Gasteiger partial charge is 0.0580 e. The van der Waals surface area contributed by atoms with Crippen molar-refractivity contribution in [3.8, 4) is 0 Å². The minimum Gasteiger partial charge on any atom is -0.393 e. The van der Waals surface area contributed by atoms with Gasteiger partial charge in [-0.3, -0.25) is 0 Å². The van der Waals surface area contributed by atoms with E-state index in [1.54, 1.807) is 0 Å². The van der Waals surface area contributed by atoms with Gasteiger partial charge in [0.05, 0.1) is 6.10 Å². The molecule has 0 aliphatic heterocycles. The quantitative estimate of drug-likeness (QED) is 0.760. The highest BCUT2D eigenvalue weighted by Crippen LogP contribution is 2.12. The Kier molecular flexibility index (Phi) is 5.86. The molecule has 0 spiro atoms. The molecule has 0 saturated carbocycles. The van der Waals surface area contributed by atoms with E-state index in [1.165, 1.54) is 14.7 Å². The van der Waals surface area contributed by atoms with Gasteiger partial charge in [0.1, 0.15) is 0 Å². The summed E-state index contributed by atoms with van der Waals surface area (Å²) in [5.74, 6) is 0. The van der Waals surface area contributed by atoms with Crippen molar-refractivity contribution in [2.75, 3.05) is 0 Å². The van der Waals surface area contributed by atoms with E-state index in [0.717, 1.165) is 25.7 Å². The van der Waals surface area contributed by atoms with Crippen LogP contribution in [0.2, 0.25) is 0 Å². The van der Waals surface area contributed by atoms with E-state index in [2.05, 4.69) is 71.1 Å². The fraction of sp³-hybridized carbons (Fsp3) is 0.294. The molecule has 0 fully saturated rings. The lowest BCUT2D eigenvalue weighted by molar-refractivity contribution is 0.162. The topological polar surface area (TPSA) is 20.2 Å². The van der Waals surface area contributed by atoms with Crippen LogP contribution in [0.25, 0.3) is 0 Å². The average Bonchev–Trinajstić information content (AvgIpc) is 2.43. The summed E-state index contributed by atoms with van der Waals surface area (Å²) in [6, 6.07) is 18.8. The van der Waals surface area contributed by atoms with Crippen molar-refractivity contribution in [3.05, 3.63) is 69.3 Å². The van der Waals surface area contributed by atoms with E-state index in [9.17, 15) is 5.11 Å². The standard InChI is InChI=1S/C17H19IO/c18-16-11-9-15(10-12-16)13-17(19)8-4-7-14-5-2-1-3-6-14/h1-3,5-6,9-12,17,19H,4,7-8,13H2. The summed E-state index contributed by atoms with van der Waals surface area (Å²) < 4.78 is 1.24. The zero-order valence-corrected chi connectivity index (χ0v) is 13.1. The number of hydrogen-bond acceptors (Lipinski definition) is 1. The Balaban J connectivity index is 1.73. The lowest BCUT2D eigenvalue weighted by Gasteiger charge is -2.10. The second-order valence-electron chi connectivity index (χ2n) is 4.86. The summed E-state index contributed by atoms with van der Waals surface area (Å²) in [6.45, 7) is 0.